The molecule has 0 amide bonds. The summed E-state index contributed by atoms with van der Waals surface area (Å²) in [6.07, 6.45) is 1.79. The maximum atomic E-state index is 10.6. The van der Waals surface area contributed by atoms with Gasteiger partial charge in [0.2, 0.25) is 0 Å². The monoisotopic (exact) mass is 210 g/mol. The molecular weight excluding hydrogens is 192 g/mol. The van der Waals surface area contributed by atoms with E-state index >= 15 is 0 Å². The first-order valence-electron chi connectivity index (χ1n) is 5.16. The molecule has 15 heavy (non-hydrogen) atoms. The Morgan fingerprint density at radius 2 is 2.33 bits per heavy atom. The Labute approximate surface area is 89.9 Å². The molecule has 0 aliphatic carbocycles. The predicted molar refractivity (Wildman–Crippen MR) is 58.6 cm³/mol. The first-order valence-corrected chi connectivity index (χ1v) is 5.16. The molecule has 0 bridgehead atoms. The maximum absolute atomic E-state index is 10.6. The molecule has 0 aliphatic rings. The van der Waals surface area contributed by atoms with Crippen LogP contribution in [-0.4, -0.2) is 22.2 Å². The van der Waals surface area contributed by atoms with E-state index in [0.717, 1.165) is 18.8 Å². The van der Waals surface area contributed by atoms with Crippen molar-refractivity contribution in [3.63, 3.8) is 0 Å². The van der Waals surface area contributed by atoms with Crippen LogP contribution in [0.5, 0.6) is 0 Å². The third-order valence-electron chi connectivity index (χ3n) is 2.09. The van der Waals surface area contributed by atoms with Crippen LogP contribution in [0.25, 0.3) is 0 Å². The molecule has 84 valence electrons. The molecule has 4 nitrogen and oxygen atoms in total. The van der Waals surface area contributed by atoms with Crippen LogP contribution in [0.1, 0.15) is 19.5 Å². The summed E-state index contributed by atoms with van der Waals surface area (Å²) in [5, 5.41) is 12.0. The van der Waals surface area contributed by atoms with Gasteiger partial charge in [0.25, 0.3) is 0 Å². The maximum Gasteiger partial charge on any atom is 0.323 e. The molecule has 0 saturated heterocycles. The van der Waals surface area contributed by atoms with Crippen molar-refractivity contribution in [2.75, 3.05) is 6.54 Å². The van der Waals surface area contributed by atoms with E-state index in [-0.39, 0.29) is 6.54 Å². The minimum atomic E-state index is -0.809. The minimum absolute atomic E-state index is 0.0334. The third-order valence-corrected chi connectivity index (χ3v) is 2.09. The predicted octanol–water partition coefficient (Wildman–Crippen LogP) is 1.32. The van der Waals surface area contributed by atoms with Gasteiger partial charge in [-0.3, -0.25) is 4.79 Å². The number of carbonyl (C=O) groups is 1. The van der Waals surface area contributed by atoms with Crippen LogP contribution in [0.4, 0.5) is 0 Å². The summed E-state index contributed by atoms with van der Waals surface area (Å²) in [6.45, 7) is 5.98. The number of rotatable bonds is 6. The SMILES string of the molecule is CC(C)CNCc1cccn1CC(=O)O. The molecule has 0 unspecified atom stereocenters. The van der Waals surface area contributed by atoms with Crippen LogP contribution in [0.2, 0.25) is 0 Å². The summed E-state index contributed by atoms with van der Waals surface area (Å²) >= 11 is 0. The van der Waals surface area contributed by atoms with Gasteiger partial charge in [-0.15, -0.1) is 0 Å². The Kier molecular flexibility index (Phi) is 4.37. The highest BCUT2D eigenvalue weighted by Crippen LogP contribution is 2.02. The van der Waals surface area contributed by atoms with Crippen LogP contribution in [0.3, 0.4) is 0 Å². The van der Waals surface area contributed by atoms with E-state index < -0.39 is 5.97 Å². The van der Waals surface area contributed by atoms with E-state index in [9.17, 15) is 4.79 Å². The van der Waals surface area contributed by atoms with E-state index in [1.54, 1.807) is 10.8 Å². The number of carboxylic acid groups (broad SMARTS) is 1. The third kappa shape index (κ3) is 4.16. The molecular formula is C11H18N2O2. The molecule has 1 heterocycles. The Balaban J connectivity index is 2.46. The Morgan fingerprint density at radius 1 is 1.60 bits per heavy atom. The van der Waals surface area contributed by atoms with Crippen molar-refractivity contribution in [1.82, 2.24) is 9.88 Å². The lowest BCUT2D eigenvalue weighted by Gasteiger charge is -2.09. The zero-order valence-electron chi connectivity index (χ0n) is 9.23. The fourth-order valence-electron chi connectivity index (χ4n) is 1.40. The Bertz CT molecular complexity index is 318. The van der Waals surface area contributed by atoms with E-state index in [4.69, 9.17) is 5.11 Å². The molecule has 0 atom stereocenters. The highest BCUT2D eigenvalue weighted by Gasteiger charge is 2.04. The zero-order valence-corrected chi connectivity index (χ0v) is 9.23. The molecule has 0 spiro atoms. The second-order valence-electron chi connectivity index (χ2n) is 4.05. The second kappa shape index (κ2) is 5.56. The largest absolute Gasteiger partial charge is 0.480 e. The summed E-state index contributed by atoms with van der Waals surface area (Å²) in [5.74, 6) is -0.204. The lowest BCUT2D eigenvalue weighted by Crippen LogP contribution is -2.21. The Morgan fingerprint density at radius 3 is 2.93 bits per heavy atom. The summed E-state index contributed by atoms with van der Waals surface area (Å²) in [6, 6.07) is 3.81. The molecule has 0 saturated carbocycles. The lowest BCUT2D eigenvalue weighted by molar-refractivity contribution is -0.137. The fourth-order valence-corrected chi connectivity index (χ4v) is 1.40. The molecule has 1 aromatic rings. The number of aromatic nitrogens is 1. The standard InChI is InChI=1S/C11H18N2O2/c1-9(2)6-12-7-10-4-3-5-13(10)8-11(14)15/h3-5,9,12H,6-8H2,1-2H3,(H,14,15). The topological polar surface area (TPSA) is 54.3 Å². The summed E-state index contributed by atoms with van der Waals surface area (Å²) in [4.78, 5) is 10.6. The van der Waals surface area contributed by atoms with Gasteiger partial charge >= 0.3 is 5.97 Å². The van der Waals surface area contributed by atoms with Crippen molar-refractivity contribution in [2.45, 2.75) is 26.9 Å². The van der Waals surface area contributed by atoms with Gasteiger partial charge in [0, 0.05) is 18.4 Å². The average molecular weight is 210 g/mol. The lowest BCUT2D eigenvalue weighted by atomic mass is 10.2. The van der Waals surface area contributed by atoms with E-state index in [0.29, 0.717) is 5.92 Å². The smallest absolute Gasteiger partial charge is 0.323 e. The van der Waals surface area contributed by atoms with Gasteiger partial charge in [0.1, 0.15) is 6.54 Å². The molecule has 0 aliphatic heterocycles. The molecule has 0 aromatic carbocycles. The van der Waals surface area contributed by atoms with E-state index in [1.807, 2.05) is 12.1 Å². The van der Waals surface area contributed by atoms with Crippen molar-refractivity contribution in [1.29, 1.82) is 0 Å². The number of carboxylic acids is 1. The summed E-state index contributed by atoms with van der Waals surface area (Å²) in [5.41, 5.74) is 1.01. The van der Waals surface area contributed by atoms with Crippen molar-refractivity contribution in [3.8, 4) is 0 Å². The minimum Gasteiger partial charge on any atom is -0.480 e. The average Bonchev–Trinajstić information content (AvgIpc) is 2.51. The van der Waals surface area contributed by atoms with E-state index in [1.165, 1.54) is 0 Å². The second-order valence-corrected chi connectivity index (χ2v) is 4.05. The number of aliphatic carboxylic acids is 1. The first kappa shape index (κ1) is 11.8. The van der Waals surface area contributed by atoms with Crippen LogP contribution in [-0.2, 0) is 17.9 Å². The molecule has 4 heteroatoms. The number of nitrogens with one attached hydrogen (secondary N) is 1. The molecule has 0 fully saturated rings. The van der Waals surface area contributed by atoms with Crippen molar-refractivity contribution >= 4 is 5.97 Å². The van der Waals surface area contributed by atoms with Crippen molar-refractivity contribution < 1.29 is 9.90 Å². The van der Waals surface area contributed by atoms with Gasteiger partial charge in [0.15, 0.2) is 0 Å². The summed E-state index contributed by atoms with van der Waals surface area (Å²) < 4.78 is 1.75. The first-order chi connectivity index (χ1) is 7.09. The van der Waals surface area contributed by atoms with Gasteiger partial charge in [-0.25, -0.2) is 0 Å². The van der Waals surface area contributed by atoms with Gasteiger partial charge in [-0.05, 0) is 24.6 Å². The van der Waals surface area contributed by atoms with Crippen LogP contribution >= 0.6 is 0 Å². The highest BCUT2D eigenvalue weighted by atomic mass is 16.4. The van der Waals surface area contributed by atoms with Gasteiger partial charge in [0.05, 0.1) is 0 Å². The zero-order chi connectivity index (χ0) is 11.3. The number of hydrogen-bond acceptors (Lipinski definition) is 2. The number of hydrogen-bond donors (Lipinski definition) is 2. The van der Waals surface area contributed by atoms with Gasteiger partial charge < -0.3 is 15.0 Å². The summed E-state index contributed by atoms with van der Waals surface area (Å²) in [7, 11) is 0. The van der Waals surface area contributed by atoms with Crippen LogP contribution in [0, 0.1) is 5.92 Å². The van der Waals surface area contributed by atoms with E-state index in [2.05, 4.69) is 19.2 Å². The Hall–Kier alpha value is -1.29. The molecule has 1 rings (SSSR count). The van der Waals surface area contributed by atoms with Crippen LogP contribution in [0.15, 0.2) is 18.3 Å². The van der Waals surface area contributed by atoms with Gasteiger partial charge in [-0.1, -0.05) is 13.8 Å². The van der Waals surface area contributed by atoms with Crippen molar-refractivity contribution in [2.24, 2.45) is 5.92 Å². The highest BCUT2D eigenvalue weighted by molar-refractivity contribution is 5.66. The van der Waals surface area contributed by atoms with Crippen LogP contribution < -0.4 is 5.32 Å². The molecule has 1 aromatic heterocycles. The number of nitrogens with zero attached hydrogens (tertiary/aromatic N) is 1. The quantitative estimate of drug-likeness (QED) is 0.744. The van der Waals surface area contributed by atoms with Crippen molar-refractivity contribution in [3.05, 3.63) is 24.0 Å². The molecule has 2 N–H and O–H groups in total. The normalized spacial score (nSPS) is 10.9. The fraction of sp³-hybridized carbons (Fsp3) is 0.545. The van der Waals surface area contributed by atoms with Gasteiger partial charge in [-0.2, -0.15) is 0 Å². The molecule has 0 radical (unpaired) electrons.